The molecule has 1 fully saturated rings. The topological polar surface area (TPSA) is 47.1 Å². The molecule has 2 aromatic rings. The predicted octanol–water partition coefficient (Wildman–Crippen LogP) is 2.18. The molecule has 4 nitrogen and oxygen atoms in total. The largest absolute Gasteiger partial charge is 0.330 e. The molecular formula is C16H22N4. The van der Waals surface area contributed by atoms with Crippen LogP contribution in [0.25, 0.3) is 0 Å². The van der Waals surface area contributed by atoms with Gasteiger partial charge in [-0.15, -0.1) is 0 Å². The quantitative estimate of drug-likeness (QED) is 0.926. The van der Waals surface area contributed by atoms with Gasteiger partial charge in [0.1, 0.15) is 0 Å². The SMILES string of the molecule is NCc1cncn1C1CCN(Cc2ccccc2)CC1. The van der Waals surface area contributed by atoms with Crippen molar-refractivity contribution in [3.05, 3.63) is 54.1 Å². The monoisotopic (exact) mass is 270 g/mol. The van der Waals surface area contributed by atoms with Gasteiger partial charge >= 0.3 is 0 Å². The summed E-state index contributed by atoms with van der Waals surface area (Å²) in [5, 5.41) is 0. The Labute approximate surface area is 120 Å². The molecule has 0 atom stereocenters. The molecular weight excluding hydrogens is 248 g/mol. The highest BCUT2D eigenvalue weighted by molar-refractivity contribution is 5.14. The summed E-state index contributed by atoms with van der Waals surface area (Å²) in [4.78, 5) is 6.76. The highest BCUT2D eigenvalue weighted by Crippen LogP contribution is 2.24. The van der Waals surface area contributed by atoms with Gasteiger partial charge in [-0.05, 0) is 18.4 Å². The summed E-state index contributed by atoms with van der Waals surface area (Å²) >= 11 is 0. The number of rotatable bonds is 4. The van der Waals surface area contributed by atoms with Crippen molar-refractivity contribution in [2.45, 2.75) is 32.0 Å². The third-order valence-electron chi connectivity index (χ3n) is 4.15. The minimum Gasteiger partial charge on any atom is -0.330 e. The number of imidazole rings is 1. The number of hydrogen-bond donors (Lipinski definition) is 1. The normalized spacial score (nSPS) is 17.4. The van der Waals surface area contributed by atoms with Crippen molar-refractivity contribution in [2.24, 2.45) is 5.73 Å². The lowest BCUT2D eigenvalue weighted by molar-refractivity contribution is 0.178. The predicted molar refractivity (Wildman–Crippen MR) is 80.1 cm³/mol. The molecule has 1 aliphatic heterocycles. The zero-order valence-electron chi connectivity index (χ0n) is 11.8. The van der Waals surface area contributed by atoms with E-state index in [1.54, 1.807) is 0 Å². The van der Waals surface area contributed by atoms with Crippen molar-refractivity contribution in [1.82, 2.24) is 14.5 Å². The average Bonchev–Trinajstić information content (AvgIpc) is 2.98. The second kappa shape index (κ2) is 6.20. The Balaban J connectivity index is 1.57. The minimum atomic E-state index is 0.558. The van der Waals surface area contributed by atoms with Crippen LogP contribution in [0.2, 0.25) is 0 Å². The van der Waals surface area contributed by atoms with Crippen LogP contribution in [0.1, 0.15) is 30.1 Å². The van der Waals surface area contributed by atoms with Gasteiger partial charge in [0.2, 0.25) is 0 Å². The fourth-order valence-corrected chi connectivity index (χ4v) is 3.02. The number of piperidine rings is 1. The number of hydrogen-bond acceptors (Lipinski definition) is 3. The van der Waals surface area contributed by atoms with E-state index in [0.29, 0.717) is 12.6 Å². The first-order valence-electron chi connectivity index (χ1n) is 7.34. The van der Waals surface area contributed by atoms with Crippen LogP contribution in [0.15, 0.2) is 42.9 Å². The molecule has 20 heavy (non-hydrogen) atoms. The molecule has 2 heterocycles. The maximum atomic E-state index is 5.76. The number of likely N-dealkylation sites (tertiary alicyclic amines) is 1. The van der Waals surface area contributed by atoms with Gasteiger partial charge in [-0.3, -0.25) is 4.90 Å². The van der Waals surface area contributed by atoms with Gasteiger partial charge in [0, 0.05) is 38.4 Å². The van der Waals surface area contributed by atoms with Crippen LogP contribution >= 0.6 is 0 Å². The van der Waals surface area contributed by atoms with Crippen LogP contribution in [-0.4, -0.2) is 27.5 Å². The molecule has 0 spiro atoms. The fraction of sp³-hybridized carbons (Fsp3) is 0.438. The zero-order chi connectivity index (χ0) is 13.8. The maximum absolute atomic E-state index is 5.76. The lowest BCUT2D eigenvalue weighted by atomic mass is 10.0. The Hall–Kier alpha value is -1.65. The van der Waals surface area contributed by atoms with E-state index in [9.17, 15) is 0 Å². The Morgan fingerprint density at radius 2 is 1.90 bits per heavy atom. The molecule has 4 heteroatoms. The van der Waals surface area contributed by atoms with Gasteiger partial charge in [0.15, 0.2) is 0 Å². The van der Waals surface area contributed by atoms with Crippen LogP contribution in [-0.2, 0) is 13.1 Å². The summed E-state index contributed by atoms with van der Waals surface area (Å²) in [5.74, 6) is 0. The molecule has 1 aromatic carbocycles. The number of benzene rings is 1. The van der Waals surface area contributed by atoms with Crippen LogP contribution in [0, 0.1) is 0 Å². The summed E-state index contributed by atoms with van der Waals surface area (Å²) < 4.78 is 2.26. The zero-order valence-corrected chi connectivity index (χ0v) is 11.8. The molecule has 3 rings (SSSR count). The molecule has 0 unspecified atom stereocenters. The third-order valence-corrected chi connectivity index (χ3v) is 4.15. The molecule has 1 aromatic heterocycles. The number of nitrogens with zero attached hydrogens (tertiary/aromatic N) is 3. The second-order valence-corrected chi connectivity index (χ2v) is 5.49. The number of nitrogens with two attached hydrogens (primary N) is 1. The van der Waals surface area contributed by atoms with E-state index in [0.717, 1.165) is 25.3 Å². The highest BCUT2D eigenvalue weighted by atomic mass is 15.2. The standard InChI is InChI=1S/C16H22N4/c17-10-16-11-18-13-20(16)15-6-8-19(9-7-15)12-14-4-2-1-3-5-14/h1-5,11,13,15H,6-10,12,17H2. The highest BCUT2D eigenvalue weighted by Gasteiger charge is 2.21. The van der Waals surface area contributed by atoms with E-state index in [4.69, 9.17) is 5.73 Å². The van der Waals surface area contributed by atoms with E-state index in [2.05, 4.69) is 44.8 Å². The summed E-state index contributed by atoms with van der Waals surface area (Å²) in [7, 11) is 0. The van der Waals surface area contributed by atoms with Crippen molar-refractivity contribution in [1.29, 1.82) is 0 Å². The summed E-state index contributed by atoms with van der Waals surface area (Å²) in [5.41, 5.74) is 8.30. The molecule has 1 saturated heterocycles. The molecule has 0 saturated carbocycles. The first-order chi connectivity index (χ1) is 9.86. The van der Waals surface area contributed by atoms with Crippen LogP contribution < -0.4 is 5.73 Å². The van der Waals surface area contributed by atoms with Gasteiger partial charge in [-0.25, -0.2) is 4.98 Å². The molecule has 0 aliphatic carbocycles. The van der Waals surface area contributed by atoms with E-state index < -0.39 is 0 Å². The molecule has 0 amide bonds. The van der Waals surface area contributed by atoms with Crippen molar-refractivity contribution in [3.8, 4) is 0 Å². The molecule has 106 valence electrons. The van der Waals surface area contributed by atoms with E-state index in [1.807, 2.05) is 12.5 Å². The lowest BCUT2D eigenvalue weighted by Gasteiger charge is -2.33. The number of aromatic nitrogens is 2. The van der Waals surface area contributed by atoms with Gasteiger partial charge in [-0.1, -0.05) is 30.3 Å². The van der Waals surface area contributed by atoms with Crippen LogP contribution in [0.5, 0.6) is 0 Å². The molecule has 1 aliphatic rings. The maximum Gasteiger partial charge on any atom is 0.0951 e. The Bertz CT molecular complexity index is 526. The summed E-state index contributed by atoms with van der Waals surface area (Å²) in [6, 6.07) is 11.3. The smallest absolute Gasteiger partial charge is 0.0951 e. The minimum absolute atomic E-state index is 0.558. The first kappa shape index (κ1) is 13.3. The molecule has 2 N–H and O–H groups in total. The van der Waals surface area contributed by atoms with Crippen LogP contribution in [0.4, 0.5) is 0 Å². The van der Waals surface area contributed by atoms with E-state index in [1.165, 1.54) is 18.4 Å². The van der Waals surface area contributed by atoms with Gasteiger partial charge in [0.25, 0.3) is 0 Å². The fourth-order valence-electron chi connectivity index (χ4n) is 3.02. The second-order valence-electron chi connectivity index (χ2n) is 5.49. The van der Waals surface area contributed by atoms with E-state index >= 15 is 0 Å². The summed E-state index contributed by atoms with van der Waals surface area (Å²) in [6.45, 7) is 3.91. The average molecular weight is 270 g/mol. The van der Waals surface area contributed by atoms with Gasteiger partial charge in [0.05, 0.1) is 12.0 Å². The van der Waals surface area contributed by atoms with Crippen molar-refractivity contribution in [2.75, 3.05) is 13.1 Å². The van der Waals surface area contributed by atoms with Crippen molar-refractivity contribution < 1.29 is 0 Å². The molecule has 0 radical (unpaired) electrons. The molecule has 0 bridgehead atoms. The van der Waals surface area contributed by atoms with Crippen molar-refractivity contribution >= 4 is 0 Å². The van der Waals surface area contributed by atoms with Gasteiger partial charge in [-0.2, -0.15) is 0 Å². The summed E-state index contributed by atoms with van der Waals surface area (Å²) in [6.07, 6.45) is 6.17. The van der Waals surface area contributed by atoms with Gasteiger partial charge < -0.3 is 10.3 Å². The first-order valence-corrected chi connectivity index (χ1v) is 7.34. The van der Waals surface area contributed by atoms with Crippen molar-refractivity contribution in [3.63, 3.8) is 0 Å². The Morgan fingerprint density at radius 1 is 1.15 bits per heavy atom. The Kier molecular flexibility index (Phi) is 4.14. The van der Waals surface area contributed by atoms with E-state index in [-0.39, 0.29) is 0 Å². The lowest BCUT2D eigenvalue weighted by Crippen LogP contribution is -2.34. The van der Waals surface area contributed by atoms with Crippen LogP contribution in [0.3, 0.4) is 0 Å². The Morgan fingerprint density at radius 3 is 2.60 bits per heavy atom. The third kappa shape index (κ3) is 2.92.